The van der Waals surface area contributed by atoms with E-state index in [4.69, 9.17) is 0 Å². The van der Waals surface area contributed by atoms with Crippen LogP contribution in [0.25, 0.3) is 11.4 Å². The minimum Gasteiger partial charge on any atom is -0.478 e. The Balaban J connectivity index is 1.41. The standard InChI is InChI=1S/C30H36F2N4O2/c1-5-23-17-26(36(6-2)28(23)27-18-24(29(37)38)11-12-33-27)20-35-15-13-34(14-16-35)19-22-7-9-25(10-8-22)30(31,32)21(3)4/h7-12,17-18H,3,5-6,13-16,19-20H2,1-2,4H3,(H,37,38). The molecule has 0 bridgehead atoms. The van der Waals surface area contributed by atoms with Crippen molar-refractivity contribution in [1.82, 2.24) is 19.4 Å². The first-order chi connectivity index (χ1) is 18.1. The van der Waals surface area contributed by atoms with Crippen molar-refractivity contribution in [3.63, 3.8) is 0 Å². The monoisotopic (exact) mass is 522 g/mol. The summed E-state index contributed by atoms with van der Waals surface area (Å²) in [5.74, 6) is -3.97. The summed E-state index contributed by atoms with van der Waals surface area (Å²) in [5.41, 5.74) is 5.12. The van der Waals surface area contributed by atoms with Gasteiger partial charge in [0, 0.05) is 63.3 Å². The second kappa shape index (κ2) is 11.6. The number of hydrogen-bond donors (Lipinski definition) is 1. The van der Waals surface area contributed by atoms with Gasteiger partial charge in [-0.2, -0.15) is 8.78 Å². The van der Waals surface area contributed by atoms with Gasteiger partial charge in [0.15, 0.2) is 0 Å². The zero-order valence-corrected chi connectivity index (χ0v) is 22.4. The smallest absolute Gasteiger partial charge is 0.335 e. The maximum absolute atomic E-state index is 14.2. The van der Waals surface area contributed by atoms with Crippen LogP contribution < -0.4 is 0 Å². The van der Waals surface area contributed by atoms with Crippen molar-refractivity contribution in [3.05, 3.63) is 88.8 Å². The highest BCUT2D eigenvalue weighted by Gasteiger charge is 2.32. The number of hydrogen-bond acceptors (Lipinski definition) is 4. The molecule has 0 saturated carbocycles. The molecule has 1 aromatic carbocycles. The van der Waals surface area contributed by atoms with Gasteiger partial charge in [-0.05, 0) is 55.2 Å². The van der Waals surface area contributed by atoms with E-state index in [1.54, 1.807) is 24.4 Å². The van der Waals surface area contributed by atoms with Crippen molar-refractivity contribution in [2.24, 2.45) is 0 Å². The number of nitrogens with zero attached hydrogens (tertiary/aromatic N) is 4. The summed E-state index contributed by atoms with van der Waals surface area (Å²) in [6.07, 6.45) is 2.39. The molecule has 2 aromatic heterocycles. The fourth-order valence-electron chi connectivity index (χ4n) is 5.08. The van der Waals surface area contributed by atoms with E-state index in [1.807, 2.05) is 0 Å². The lowest BCUT2D eigenvalue weighted by atomic mass is 10.0. The number of aryl methyl sites for hydroxylation is 1. The van der Waals surface area contributed by atoms with E-state index in [1.165, 1.54) is 30.8 Å². The summed E-state index contributed by atoms with van der Waals surface area (Å²) in [5, 5.41) is 9.43. The minimum atomic E-state index is -3.01. The summed E-state index contributed by atoms with van der Waals surface area (Å²) in [7, 11) is 0. The first-order valence-electron chi connectivity index (χ1n) is 13.1. The topological polar surface area (TPSA) is 61.6 Å². The van der Waals surface area contributed by atoms with Crippen LogP contribution in [-0.4, -0.2) is 56.6 Å². The van der Waals surface area contributed by atoms with Crippen LogP contribution in [0.2, 0.25) is 0 Å². The summed E-state index contributed by atoms with van der Waals surface area (Å²) < 4.78 is 30.6. The number of benzene rings is 1. The summed E-state index contributed by atoms with van der Waals surface area (Å²) in [6, 6.07) is 12.0. The average molecular weight is 523 g/mol. The Hall–Kier alpha value is -3.36. The summed E-state index contributed by atoms with van der Waals surface area (Å²) in [6.45, 7) is 14.9. The van der Waals surface area contributed by atoms with Crippen LogP contribution in [-0.2, 0) is 32.0 Å². The highest BCUT2D eigenvalue weighted by atomic mass is 19.3. The van der Waals surface area contributed by atoms with Crippen LogP contribution in [0.15, 0.2) is 60.8 Å². The Labute approximate surface area is 223 Å². The third kappa shape index (κ3) is 5.87. The molecule has 1 aliphatic heterocycles. The lowest BCUT2D eigenvalue weighted by Crippen LogP contribution is -2.45. The largest absolute Gasteiger partial charge is 0.478 e. The Morgan fingerprint density at radius 1 is 1.03 bits per heavy atom. The lowest BCUT2D eigenvalue weighted by molar-refractivity contribution is 0.0385. The van der Waals surface area contributed by atoms with Crippen LogP contribution in [0.5, 0.6) is 0 Å². The second-order valence-electron chi connectivity index (χ2n) is 9.95. The molecule has 0 aliphatic carbocycles. The predicted octanol–water partition coefficient (Wildman–Crippen LogP) is 5.82. The van der Waals surface area contributed by atoms with Crippen LogP contribution in [0.3, 0.4) is 0 Å². The van der Waals surface area contributed by atoms with E-state index in [-0.39, 0.29) is 16.7 Å². The number of carboxylic acids is 1. The maximum Gasteiger partial charge on any atom is 0.335 e. The van der Waals surface area contributed by atoms with E-state index in [2.05, 4.69) is 45.8 Å². The second-order valence-corrected chi connectivity index (χ2v) is 9.95. The third-order valence-corrected chi connectivity index (χ3v) is 7.32. The quantitative estimate of drug-likeness (QED) is 0.340. The van der Waals surface area contributed by atoms with Crippen LogP contribution in [0.1, 0.15) is 53.5 Å². The molecule has 202 valence electrons. The van der Waals surface area contributed by atoms with E-state index in [0.29, 0.717) is 5.69 Å². The number of aromatic nitrogens is 2. The zero-order chi connectivity index (χ0) is 27.4. The molecule has 3 aromatic rings. The highest BCUT2D eigenvalue weighted by molar-refractivity contribution is 5.88. The van der Waals surface area contributed by atoms with Gasteiger partial charge in [0.25, 0.3) is 5.92 Å². The molecule has 0 unspecified atom stereocenters. The molecule has 8 heteroatoms. The van der Waals surface area contributed by atoms with Gasteiger partial charge in [-0.15, -0.1) is 0 Å². The van der Waals surface area contributed by atoms with Crippen LogP contribution in [0.4, 0.5) is 8.78 Å². The Morgan fingerprint density at radius 2 is 1.66 bits per heavy atom. The molecule has 4 rings (SSSR count). The number of allylic oxidation sites excluding steroid dienone is 1. The number of alkyl halides is 2. The van der Waals surface area contributed by atoms with E-state index in [0.717, 1.165) is 69.1 Å². The first kappa shape index (κ1) is 27.7. The molecule has 0 atom stereocenters. The Morgan fingerprint density at radius 3 is 2.21 bits per heavy atom. The number of carboxylic acid groups (broad SMARTS) is 1. The molecular formula is C30H36F2N4O2. The molecule has 3 heterocycles. The Bertz CT molecular complexity index is 1290. The average Bonchev–Trinajstić information content (AvgIpc) is 3.27. The highest BCUT2D eigenvalue weighted by Crippen LogP contribution is 2.34. The molecule has 0 spiro atoms. The number of pyridine rings is 1. The fourth-order valence-corrected chi connectivity index (χ4v) is 5.08. The Kier molecular flexibility index (Phi) is 8.43. The van der Waals surface area contributed by atoms with Crippen LogP contribution in [0, 0.1) is 0 Å². The molecule has 0 amide bonds. The van der Waals surface area contributed by atoms with Crippen molar-refractivity contribution >= 4 is 5.97 Å². The van der Waals surface area contributed by atoms with Gasteiger partial charge in [0.2, 0.25) is 0 Å². The van der Waals surface area contributed by atoms with Gasteiger partial charge in [-0.3, -0.25) is 14.8 Å². The number of piperazine rings is 1. The molecule has 38 heavy (non-hydrogen) atoms. The van der Waals surface area contributed by atoms with Crippen molar-refractivity contribution in [2.45, 2.75) is 52.7 Å². The third-order valence-electron chi connectivity index (χ3n) is 7.32. The molecule has 1 aliphatic rings. The van der Waals surface area contributed by atoms with Gasteiger partial charge in [0.1, 0.15) is 0 Å². The van der Waals surface area contributed by atoms with E-state index in [9.17, 15) is 18.7 Å². The van der Waals surface area contributed by atoms with Gasteiger partial charge >= 0.3 is 5.97 Å². The van der Waals surface area contributed by atoms with Gasteiger partial charge in [-0.25, -0.2) is 4.79 Å². The zero-order valence-electron chi connectivity index (χ0n) is 22.4. The van der Waals surface area contributed by atoms with Crippen molar-refractivity contribution in [2.75, 3.05) is 26.2 Å². The van der Waals surface area contributed by atoms with Gasteiger partial charge in [0.05, 0.1) is 17.0 Å². The fraction of sp³-hybridized carbons (Fsp3) is 0.400. The SMILES string of the molecule is C=C(C)C(F)(F)c1ccc(CN2CCN(Cc3cc(CC)c(-c4cc(C(=O)O)ccn4)n3CC)CC2)cc1. The molecule has 1 fully saturated rings. The summed E-state index contributed by atoms with van der Waals surface area (Å²) in [4.78, 5) is 20.8. The predicted molar refractivity (Wildman–Crippen MR) is 145 cm³/mol. The molecule has 0 radical (unpaired) electrons. The van der Waals surface area contributed by atoms with Crippen molar-refractivity contribution in [1.29, 1.82) is 0 Å². The minimum absolute atomic E-state index is 0.0202. The van der Waals surface area contributed by atoms with E-state index >= 15 is 0 Å². The molecule has 1 N–H and O–H groups in total. The number of aromatic carboxylic acids is 1. The van der Waals surface area contributed by atoms with Gasteiger partial charge in [-0.1, -0.05) is 37.8 Å². The number of rotatable bonds is 10. The number of halogens is 2. The van der Waals surface area contributed by atoms with Crippen LogP contribution >= 0.6 is 0 Å². The van der Waals surface area contributed by atoms with E-state index < -0.39 is 11.9 Å². The van der Waals surface area contributed by atoms with Crippen molar-refractivity contribution in [3.8, 4) is 11.4 Å². The normalized spacial score (nSPS) is 15.1. The first-order valence-corrected chi connectivity index (χ1v) is 13.1. The lowest BCUT2D eigenvalue weighted by Gasteiger charge is -2.35. The molecular weight excluding hydrogens is 486 g/mol. The molecule has 6 nitrogen and oxygen atoms in total. The maximum atomic E-state index is 14.2. The molecule has 1 saturated heterocycles. The van der Waals surface area contributed by atoms with Gasteiger partial charge < -0.3 is 9.67 Å². The number of carbonyl (C=O) groups is 1. The van der Waals surface area contributed by atoms with Crippen molar-refractivity contribution < 1.29 is 18.7 Å². The summed E-state index contributed by atoms with van der Waals surface area (Å²) >= 11 is 0.